The van der Waals surface area contributed by atoms with E-state index in [-0.39, 0.29) is 18.4 Å². The van der Waals surface area contributed by atoms with Crippen molar-refractivity contribution in [2.75, 3.05) is 19.6 Å². The second-order valence-electron chi connectivity index (χ2n) is 3.77. The highest BCUT2D eigenvalue weighted by molar-refractivity contribution is 5.82. The SMILES string of the molecule is O=C(O)CN1CCCC1=O.O=C1CCCN1. The van der Waals surface area contributed by atoms with Crippen molar-refractivity contribution in [2.24, 2.45) is 0 Å². The number of carbonyl (C=O) groups is 3. The Bertz CT molecular complexity index is 283. The van der Waals surface area contributed by atoms with Crippen LogP contribution >= 0.6 is 0 Å². The Morgan fingerprint density at radius 2 is 2.06 bits per heavy atom. The van der Waals surface area contributed by atoms with Gasteiger partial charge in [0.25, 0.3) is 0 Å². The van der Waals surface area contributed by atoms with E-state index >= 15 is 0 Å². The number of hydrogen-bond donors (Lipinski definition) is 2. The number of amides is 2. The number of rotatable bonds is 2. The third-order valence-electron chi connectivity index (χ3n) is 2.40. The maximum atomic E-state index is 10.8. The van der Waals surface area contributed by atoms with E-state index in [2.05, 4.69) is 5.32 Å². The Kier molecular flexibility index (Phi) is 4.75. The van der Waals surface area contributed by atoms with Crippen LogP contribution in [0, 0.1) is 0 Å². The number of carbonyl (C=O) groups excluding carboxylic acids is 2. The lowest BCUT2D eigenvalue weighted by Crippen LogP contribution is -2.30. The summed E-state index contributed by atoms with van der Waals surface area (Å²) in [5.41, 5.74) is 0. The first-order chi connectivity index (χ1) is 7.59. The summed E-state index contributed by atoms with van der Waals surface area (Å²) in [7, 11) is 0. The minimum absolute atomic E-state index is 0.0394. The molecule has 16 heavy (non-hydrogen) atoms. The first-order valence-corrected chi connectivity index (χ1v) is 5.36. The highest BCUT2D eigenvalue weighted by Gasteiger charge is 2.21. The summed E-state index contributed by atoms with van der Waals surface area (Å²) in [5.74, 6) is -0.771. The van der Waals surface area contributed by atoms with Crippen molar-refractivity contribution >= 4 is 17.8 Å². The molecule has 2 N–H and O–H groups in total. The fourth-order valence-corrected chi connectivity index (χ4v) is 1.60. The molecule has 0 radical (unpaired) electrons. The Balaban J connectivity index is 0.000000181. The molecule has 90 valence electrons. The lowest BCUT2D eigenvalue weighted by molar-refractivity contribution is -0.142. The van der Waals surface area contributed by atoms with Gasteiger partial charge in [-0.15, -0.1) is 0 Å². The van der Waals surface area contributed by atoms with Gasteiger partial charge in [-0.3, -0.25) is 14.4 Å². The van der Waals surface area contributed by atoms with Gasteiger partial charge in [0.05, 0.1) is 0 Å². The number of hydrogen-bond acceptors (Lipinski definition) is 3. The molecule has 0 aromatic carbocycles. The topological polar surface area (TPSA) is 86.7 Å². The monoisotopic (exact) mass is 228 g/mol. The summed E-state index contributed by atoms with van der Waals surface area (Å²) >= 11 is 0. The van der Waals surface area contributed by atoms with E-state index in [9.17, 15) is 14.4 Å². The zero-order valence-corrected chi connectivity index (χ0v) is 9.07. The van der Waals surface area contributed by atoms with E-state index in [1.54, 1.807) is 0 Å². The predicted octanol–water partition coefficient (Wildman–Crippen LogP) is -0.410. The molecule has 6 heteroatoms. The van der Waals surface area contributed by atoms with E-state index in [0.29, 0.717) is 13.0 Å². The normalized spacial score (nSPS) is 19.1. The van der Waals surface area contributed by atoms with Crippen molar-refractivity contribution < 1.29 is 19.5 Å². The average molecular weight is 228 g/mol. The number of aliphatic carboxylic acids is 1. The van der Waals surface area contributed by atoms with Gasteiger partial charge in [0.15, 0.2) is 0 Å². The van der Waals surface area contributed by atoms with Gasteiger partial charge in [-0.05, 0) is 12.8 Å². The Morgan fingerprint density at radius 1 is 1.31 bits per heavy atom. The van der Waals surface area contributed by atoms with Crippen molar-refractivity contribution in [3.63, 3.8) is 0 Å². The van der Waals surface area contributed by atoms with Crippen molar-refractivity contribution in [1.29, 1.82) is 0 Å². The Labute approximate surface area is 93.6 Å². The molecule has 2 rings (SSSR count). The lowest BCUT2D eigenvalue weighted by Gasteiger charge is -2.10. The maximum Gasteiger partial charge on any atom is 0.323 e. The molecule has 2 saturated heterocycles. The summed E-state index contributed by atoms with van der Waals surface area (Å²) in [6.45, 7) is 1.35. The molecule has 0 unspecified atom stereocenters. The van der Waals surface area contributed by atoms with Crippen LogP contribution < -0.4 is 5.32 Å². The maximum absolute atomic E-state index is 10.8. The Morgan fingerprint density at radius 3 is 2.38 bits per heavy atom. The second kappa shape index (κ2) is 6.09. The van der Waals surface area contributed by atoms with Gasteiger partial charge in [0.1, 0.15) is 6.54 Å². The molecule has 0 spiro atoms. The fourth-order valence-electron chi connectivity index (χ4n) is 1.60. The molecule has 2 aliphatic rings. The number of nitrogens with one attached hydrogen (secondary N) is 1. The van der Waals surface area contributed by atoms with E-state index in [4.69, 9.17) is 5.11 Å². The van der Waals surface area contributed by atoms with E-state index in [1.807, 2.05) is 0 Å². The van der Waals surface area contributed by atoms with Crippen LogP contribution in [0.3, 0.4) is 0 Å². The lowest BCUT2D eigenvalue weighted by atomic mass is 10.4. The van der Waals surface area contributed by atoms with Gasteiger partial charge in [-0.2, -0.15) is 0 Å². The first-order valence-electron chi connectivity index (χ1n) is 5.36. The summed E-state index contributed by atoms with van der Waals surface area (Å²) in [6.07, 6.45) is 3.07. The minimum Gasteiger partial charge on any atom is -0.480 e. The number of nitrogens with zero attached hydrogens (tertiary/aromatic N) is 1. The Hall–Kier alpha value is -1.59. The number of carboxylic acid groups (broad SMARTS) is 1. The molecule has 0 atom stereocenters. The van der Waals surface area contributed by atoms with E-state index < -0.39 is 5.97 Å². The molecular formula is C10H16N2O4. The molecular weight excluding hydrogens is 212 g/mol. The predicted molar refractivity (Wildman–Crippen MR) is 55.7 cm³/mol. The summed E-state index contributed by atoms with van der Waals surface area (Å²) in [6, 6.07) is 0. The van der Waals surface area contributed by atoms with E-state index in [1.165, 1.54) is 4.90 Å². The van der Waals surface area contributed by atoms with Gasteiger partial charge >= 0.3 is 5.97 Å². The molecule has 2 amide bonds. The van der Waals surface area contributed by atoms with Gasteiger partial charge in [-0.25, -0.2) is 0 Å². The van der Waals surface area contributed by atoms with Crippen LogP contribution in [0.4, 0.5) is 0 Å². The highest BCUT2D eigenvalue weighted by Crippen LogP contribution is 2.07. The van der Waals surface area contributed by atoms with Gasteiger partial charge < -0.3 is 15.3 Å². The summed E-state index contributed by atoms with van der Waals surface area (Å²) in [4.78, 5) is 32.4. The molecule has 2 fully saturated rings. The summed E-state index contributed by atoms with van der Waals surface area (Å²) in [5, 5.41) is 11.0. The van der Waals surface area contributed by atoms with E-state index in [0.717, 1.165) is 25.8 Å². The molecule has 6 nitrogen and oxygen atoms in total. The van der Waals surface area contributed by atoms with Gasteiger partial charge in [0.2, 0.25) is 11.8 Å². The van der Waals surface area contributed by atoms with Crippen LogP contribution in [-0.2, 0) is 14.4 Å². The number of likely N-dealkylation sites (tertiary alicyclic amines) is 1. The van der Waals surface area contributed by atoms with Crippen LogP contribution in [0.2, 0.25) is 0 Å². The molecule has 2 aliphatic heterocycles. The van der Waals surface area contributed by atoms with Gasteiger partial charge in [0, 0.05) is 25.9 Å². The molecule has 0 aromatic heterocycles. The third kappa shape index (κ3) is 4.29. The van der Waals surface area contributed by atoms with Crippen LogP contribution in [0.5, 0.6) is 0 Å². The minimum atomic E-state index is -0.935. The molecule has 0 saturated carbocycles. The average Bonchev–Trinajstić information content (AvgIpc) is 2.80. The molecule has 0 aliphatic carbocycles. The first kappa shape index (κ1) is 12.5. The van der Waals surface area contributed by atoms with Crippen molar-refractivity contribution in [3.05, 3.63) is 0 Å². The molecule has 0 bridgehead atoms. The van der Waals surface area contributed by atoms with Crippen LogP contribution in [0.15, 0.2) is 0 Å². The van der Waals surface area contributed by atoms with Crippen LogP contribution in [0.25, 0.3) is 0 Å². The highest BCUT2D eigenvalue weighted by atomic mass is 16.4. The van der Waals surface area contributed by atoms with Crippen molar-refractivity contribution in [2.45, 2.75) is 25.7 Å². The quantitative estimate of drug-likeness (QED) is 0.672. The second-order valence-corrected chi connectivity index (χ2v) is 3.77. The zero-order valence-electron chi connectivity index (χ0n) is 9.07. The smallest absolute Gasteiger partial charge is 0.323 e. The van der Waals surface area contributed by atoms with Crippen molar-refractivity contribution in [1.82, 2.24) is 10.2 Å². The van der Waals surface area contributed by atoms with Gasteiger partial charge in [-0.1, -0.05) is 0 Å². The van der Waals surface area contributed by atoms with Crippen LogP contribution in [0.1, 0.15) is 25.7 Å². The summed E-state index contributed by atoms with van der Waals surface area (Å²) < 4.78 is 0. The molecule has 2 heterocycles. The third-order valence-corrected chi connectivity index (χ3v) is 2.40. The number of carboxylic acids is 1. The molecule has 0 aromatic rings. The van der Waals surface area contributed by atoms with Crippen molar-refractivity contribution in [3.8, 4) is 0 Å². The fraction of sp³-hybridized carbons (Fsp3) is 0.700. The zero-order chi connectivity index (χ0) is 12.0. The van der Waals surface area contributed by atoms with Crippen LogP contribution in [-0.4, -0.2) is 47.4 Å². The standard InChI is InChI=1S/C6H9NO3.C4H7NO/c8-5-2-1-3-7(5)4-6(9)10;6-4-2-1-3-5-4/h1-4H2,(H,9,10);1-3H2,(H,5,6). The largest absolute Gasteiger partial charge is 0.480 e.